The van der Waals surface area contributed by atoms with Crippen LogP contribution >= 0.6 is 11.3 Å². The van der Waals surface area contributed by atoms with Gasteiger partial charge in [-0.25, -0.2) is 8.42 Å². The summed E-state index contributed by atoms with van der Waals surface area (Å²) in [6, 6.07) is 2.10. The maximum Gasteiger partial charge on any atom is 0.244 e. The van der Waals surface area contributed by atoms with E-state index in [9.17, 15) is 8.42 Å². The summed E-state index contributed by atoms with van der Waals surface area (Å²) in [7, 11) is -1.98. The van der Waals surface area contributed by atoms with Crippen LogP contribution in [0.2, 0.25) is 0 Å². The highest BCUT2D eigenvalue weighted by Gasteiger charge is 2.24. The number of hydrogen-bond donors (Lipinski definition) is 1. The van der Waals surface area contributed by atoms with Gasteiger partial charge in [0.2, 0.25) is 10.0 Å². The normalized spacial score (nSPS) is 12.1. The van der Waals surface area contributed by atoms with Crippen molar-refractivity contribution in [2.75, 3.05) is 13.6 Å². The van der Waals surface area contributed by atoms with Gasteiger partial charge in [0.15, 0.2) is 0 Å². The average molecular weight is 300 g/mol. The van der Waals surface area contributed by atoms with Crippen molar-refractivity contribution in [3.05, 3.63) is 15.8 Å². The average Bonchev–Trinajstić information content (AvgIpc) is 2.69. The zero-order valence-electron chi connectivity index (χ0n) is 11.7. The molecule has 0 saturated carbocycles. The molecule has 0 atom stereocenters. The molecule has 1 N–H and O–H groups in total. The molecule has 1 rings (SSSR count). The van der Waals surface area contributed by atoms with Gasteiger partial charge in [-0.2, -0.15) is 4.31 Å². The van der Waals surface area contributed by atoms with Gasteiger partial charge in [0.25, 0.3) is 0 Å². The SMILES string of the molecule is C#CCN(C)S(=O)(=O)c1cc(CNC(C)C)sc1C. The molecular formula is C13H20N2O2S2. The van der Waals surface area contributed by atoms with Crippen LogP contribution in [0.25, 0.3) is 0 Å². The molecule has 19 heavy (non-hydrogen) atoms. The van der Waals surface area contributed by atoms with Gasteiger partial charge in [0, 0.05) is 29.4 Å². The van der Waals surface area contributed by atoms with E-state index in [1.165, 1.54) is 22.7 Å². The summed E-state index contributed by atoms with van der Waals surface area (Å²) in [5.74, 6) is 2.35. The van der Waals surface area contributed by atoms with Crippen molar-refractivity contribution in [3.63, 3.8) is 0 Å². The fraction of sp³-hybridized carbons (Fsp3) is 0.538. The maximum absolute atomic E-state index is 12.3. The van der Waals surface area contributed by atoms with Gasteiger partial charge < -0.3 is 5.32 Å². The molecule has 0 aromatic carbocycles. The molecule has 0 spiro atoms. The molecule has 6 heteroatoms. The first-order chi connectivity index (χ1) is 8.78. The second kappa shape index (κ2) is 6.53. The Morgan fingerprint density at radius 2 is 2.16 bits per heavy atom. The Kier molecular flexibility index (Phi) is 5.56. The minimum absolute atomic E-state index is 0.0806. The third-order valence-corrected chi connectivity index (χ3v) is 5.72. The lowest BCUT2D eigenvalue weighted by Gasteiger charge is -2.13. The molecular weight excluding hydrogens is 280 g/mol. The Morgan fingerprint density at radius 1 is 1.53 bits per heavy atom. The summed E-state index contributed by atoms with van der Waals surface area (Å²) in [6.07, 6.45) is 5.16. The van der Waals surface area contributed by atoms with E-state index in [4.69, 9.17) is 6.42 Å². The zero-order valence-corrected chi connectivity index (χ0v) is 13.4. The monoisotopic (exact) mass is 300 g/mol. The van der Waals surface area contributed by atoms with E-state index in [2.05, 4.69) is 25.1 Å². The van der Waals surface area contributed by atoms with Crippen molar-refractivity contribution >= 4 is 21.4 Å². The molecule has 106 valence electrons. The van der Waals surface area contributed by atoms with Crippen LogP contribution < -0.4 is 5.32 Å². The number of nitrogens with one attached hydrogen (secondary N) is 1. The van der Waals surface area contributed by atoms with Crippen LogP contribution in [0, 0.1) is 19.3 Å². The fourth-order valence-corrected chi connectivity index (χ4v) is 4.19. The summed E-state index contributed by atoms with van der Waals surface area (Å²) < 4.78 is 25.8. The van der Waals surface area contributed by atoms with Crippen LogP contribution in [-0.2, 0) is 16.6 Å². The minimum Gasteiger partial charge on any atom is -0.310 e. The van der Waals surface area contributed by atoms with Crippen LogP contribution in [0.15, 0.2) is 11.0 Å². The van der Waals surface area contributed by atoms with Crippen molar-refractivity contribution in [1.82, 2.24) is 9.62 Å². The van der Waals surface area contributed by atoms with Crippen molar-refractivity contribution in [2.45, 2.75) is 38.3 Å². The quantitative estimate of drug-likeness (QED) is 0.815. The van der Waals surface area contributed by atoms with Crippen LogP contribution in [0.4, 0.5) is 0 Å². The van der Waals surface area contributed by atoms with E-state index < -0.39 is 10.0 Å². The Balaban J connectivity index is 2.99. The predicted molar refractivity (Wildman–Crippen MR) is 79.7 cm³/mol. The number of thiophene rings is 1. The van der Waals surface area contributed by atoms with Crippen LogP contribution in [0.5, 0.6) is 0 Å². The van der Waals surface area contributed by atoms with Gasteiger partial charge in [-0.15, -0.1) is 17.8 Å². The Hall–Kier alpha value is -0.870. The standard InChI is InChI=1S/C13H20N2O2S2/c1-6-7-15(5)19(16,17)13-8-12(18-11(13)4)9-14-10(2)3/h1,8,10,14H,7,9H2,2-5H3. The third-order valence-electron chi connectivity index (χ3n) is 2.61. The lowest BCUT2D eigenvalue weighted by atomic mass is 10.3. The molecule has 1 aromatic heterocycles. The Labute approximate surface area is 119 Å². The Morgan fingerprint density at radius 3 is 2.68 bits per heavy atom. The van der Waals surface area contributed by atoms with Crippen molar-refractivity contribution in [1.29, 1.82) is 0 Å². The summed E-state index contributed by atoms with van der Waals surface area (Å²) in [5, 5.41) is 3.28. The largest absolute Gasteiger partial charge is 0.310 e. The van der Waals surface area contributed by atoms with Gasteiger partial charge in [-0.1, -0.05) is 19.8 Å². The number of terminal acetylenes is 1. The molecule has 4 nitrogen and oxygen atoms in total. The van der Waals surface area contributed by atoms with Gasteiger partial charge in [0.1, 0.15) is 0 Å². The van der Waals surface area contributed by atoms with Crippen molar-refractivity contribution < 1.29 is 8.42 Å². The predicted octanol–water partition coefficient (Wildman–Crippen LogP) is 1.81. The first-order valence-electron chi connectivity index (χ1n) is 6.01. The maximum atomic E-state index is 12.3. The van der Waals surface area contributed by atoms with Gasteiger partial charge in [-0.3, -0.25) is 0 Å². The highest BCUT2D eigenvalue weighted by molar-refractivity contribution is 7.89. The van der Waals surface area contributed by atoms with Crippen LogP contribution in [0.3, 0.4) is 0 Å². The molecule has 0 amide bonds. The second-order valence-electron chi connectivity index (χ2n) is 4.63. The molecule has 0 bridgehead atoms. The Bertz CT molecular complexity index is 568. The number of sulfonamides is 1. The number of hydrogen-bond acceptors (Lipinski definition) is 4. The van der Waals surface area contributed by atoms with Crippen molar-refractivity contribution in [3.8, 4) is 12.3 Å². The molecule has 0 aliphatic rings. The number of rotatable bonds is 6. The summed E-state index contributed by atoms with van der Waals surface area (Å²) in [5.41, 5.74) is 0. The number of aryl methyl sites for hydroxylation is 1. The van der Waals surface area contributed by atoms with Gasteiger partial charge in [0.05, 0.1) is 11.4 Å². The van der Waals surface area contributed by atoms with E-state index in [0.717, 1.165) is 9.75 Å². The third kappa shape index (κ3) is 4.05. The second-order valence-corrected chi connectivity index (χ2v) is 7.99. The molecule has 0 radical (unpaired) electrons. The van der Waals surface area contributed by atoms with E-state index >= 15 is 0 Å². The van der Waals surface area contributed by atoms with E-state index in [-0.39, 0.29) is 6.54 Å². The smallest absolute Gasteiger partial charge is 0.244 e. The summed E-state index contributed by atoms with van der Waals surface area (Å²) in [4.78, 5) is 2.17. The molecule has 0 aliphatic carbocycles. The summed E-state index contributed by atoms with van der Waals surface area (Å²) in [6.45, 7) is 6.69. The van der Waals surface area contributed by atoms with Crippen LogP contribution in [0.1, 0.15) is 23.6 Å². The van der Waals surface area contributed by atoms with Crippen LogP contribution in [-0.4, -0.2) is 32.4 Å². The van der Waals surface area contributed by atoms with E-state index in [1.54, 1.807) is 6.07 Å². The summed E-state index contributed by atoms with van der Waals surface area (Å²) >= 11 is 1.50. The minimum atomic E-state index is -3.48. The molecule has 0 aliphatic heterocycles. The van der Waals surface area contributed by atoms with Gasteiger partial charge >= 0.3 is 0 Å². The molecule has 0 saturated heterocycles. The van der Waals surface area contributed by atoms with E-state index in [1.807, 2.05) is 6.92 Å². The van der Waals surface area contributed by atoms with Crippen molar-refractivity contribution in [2.24, 2.45) is 0 Å². The lowest BCUT2D eigenvalue weighted by molar-refractivity contribution is 0.503. The zero-order chi connectivity index (χ0) is 14.6. The molecule has 1 aromatic rings. The molecule has 0 unspecified atom stereocenters. The number of nitrogens with zero attached hydrogens (tertiary/aromatic N) is 1. The molecule has 0 fully saturated rings. The highest BCUT2D eigenvalue weighted by atomic mass is 32.2. The molecule has 1 heterocycles. The van der Waals surface area contributed by atoms with Gasteiger partial charge in [-0.05, 0) is 13.0 Å². The topological polar surface area (TPSA) is 49.4 Å². The first kappa shape index (κ1) is 16.2. The fourth-order valence-electron chi connectivity index (χ4n) is 1.55. The lowest BCUT2D eigenvalue weighted by Crippen LogP contribution is -2.27. The first-order valence-corrected chi connectivity index (χ1v) is 8.27. The highest BCUT2D eigenvalue weighted by Crippen LogP contribution is 2.27. The van der Waals surface area contributed by atoms with E-state index in [0.29, 0.717) is 17.5 Å².